The Kier molecular flexibility index (Phi) is 4.08. The summed E-state index contributed by atoms with van der Waals surface area (Å²) in [5, 5.41) is 11.9. The van der Waals surface area contributed by atoms with E-state index in [4.69, 9.17) is 0 Å². The van der Waals surface area contributed by atoms with Crippen molar-refractivity contribution in [1.29, 1.82) is 0 Å². The van der Waals surface area contributed by atoms with E-state index in [0.29, 0.717) is 6.54 Å². The van der Waals surface area contributed by atoms with Crippen molar-refractivity contribution in [3.05, 3.63) is 12.2 Å². The summed E-state index contributed by atoms with van der Waals surface area (Å²) in [4.78, 5) is 23.5. The quantitative estimate of drug-likeness (QED) is 0.716. The Labute approximate surface area is 114 Å². The summed E-state index contributed by atoms with van der Waals surface area (Å²) >= 11 is 0. The molecule has 6 heteroatoms. The Hall–Kier alpha value is -1.17. The zero-order chi connectivity index (χ0) is 14.2. The standard InChI is InChI=1S/C13H19NO4S/c1-7(19(2)18)6-14-12(15)10-8-3-4-9(5-8)11(10)13(16)17/h3-4,7-11H,5-6H2,1-2H3,(H,14,15)(H,16,17)/t7?,8?,9?,10-,11+,19?/m0/s1. The zero-order valence-corrected chi connectivity index (χ0v) is 11.9. The number of rotatable bonds is 5. The van der Waals surface area contributed by atoms with Crippen molar-refractivity contribution in [2.75, 3.05) is 12.8 Å². The van der Waals surface area contributed by atoms with Crippen LogP contribution in [-0.4, -0.2) is 39.2 Å². The summed E-state index contributed by atoms with van der Waals surface area (Å²) in [5.74, 6) is -2.20. The number of amides is 1. The highest BCUT2D eigenvalue weighted by Gasteiger charge is 2.51. The van der Waals surface area contributed by atoms with E-state index in [1.54, 1.807) is 13.2 Å². The molecule has 0 saturated heterocycles. The SMILES string of the molecule is CC(CNC(=O)[C@H]1C2C=CC(C2)[C@H]1C(=O)O)S(C)=O. The monoisotopic (exact) mass is 285 g/mol. The molecule has 0 radical (unpaired) electrons. The van der Waals surface area contributed by atoms with Gasteiger partial charge in [0, 0.05) is 28.9 Å². The third-order valence-electron chi connectivity index (χ3n) is 4.18. The predicted molar refractivity (Wildman–Crippen MR) is 71.9 cm³/mol. The summed E-state index contributed by atoms with van der Waals surface area (Å²) in [6, 6.07) is 0. The predicted octanol–water partition coefficient (Wildman–Crippen LogP) is 0.393. The van der Waals surface area contributed by atoms with Crippen molar-refractivity contribution < 1.29 is 18.9 Å². The van der Waals surface area contributed by atoms with Crippen molar-refractivity contribution in [2.24, 2.45) is 23.7 Å². The van der Waals surface area contributed by atoms with Gasteiger partial charge in [-0.25, -0.2) is 0 Å². The number of carbonyl (C=O) groups is 2. The summed E-state index contributed by atoms with van der Waals surface area (Å²) < 4.78 is 11.2. The van der Waals surface area contributed by atoms with Gasteiger partial charge in [0.25, 0.3) is 0 Å². The van der Waals surface area contributed by atoms with Crippen molar-refractivity contribution in [2.45, 2.75) is 18.6 Å². The molecule has 1 amide bonds. The van der Waals surface area contributed by atoms with Gasteiger partial charge in [0.2, 0.25) is 5.91 Å². The van der Waals surface area contributed by atoms with Crippen molar-refractivity contribution in [3.63, 3.8) is 0 Å². The highest BCUT2D eigenvalue weighted by atomic mass is 32.2. The summed E-state index contributed by atoms with van der Waals surface area (Å²) in [7, 11) is -0.993. The van der Waals surface area contributed by atoms with Crippen LogP contribution in [0.1, 0.15) is 13.3 Å². The van der Waals surface area contributed by atoms with Gasteiger partial charge in [-0.1, -0.05) is 12.2 Å². The Balaban J connectivity index is 2.00. The topological polar surface area (TPSA) is 83.5 Å². The van der Waals surface area contributed by atoms with Crippen molar-refractivity contribution in [1.82, 2.24) is 5.32 Å². The van der Waals surface area contributed by atoms with E-state index in [2.05, 4.69) is 5.32 Å². The van der Waals surface area contributed by atoms with E-state index >= 15 is 0 Å². The molecule has 0 heterocycles. The molecule has 6 atom stereocenters. The molecule has 2 aliphatic carbocycles. The van der Waals surface area contributed by atoms with E-state index < -0.39 is 28.6 Å². The molecule has 0 aromatic carbocycles. The number of hydrogen-bond acceptors (Lipinski definition) is 3. The molecule has 0 aromatic rings. The molecule has 0 aliphatic heterocycles. The fourth-order valence-corrected chi connectivity index (χ4v) is 3.31. The molecule has 2 bridgehead atoms. The van der Waals surface area contributed by atoms with Gasteiger partial charge in [-0.2, -0.15) is 0 Å². The molecule has 2 aliphatic rings. The van der Waals surface area contributed by atoms with Crippen LogP contribution in [0.5, 0.6) is 0 Å². The third kappa shape index (κ3) is 2.73. The van der Waals surface area contributed by atoms with Crippen LogP contribution in [0.25, 0.3) is 0 Å². The lowest BCUT2D eigenvalue weighted by molar-refractivity contribution is -0.147. The van der Waals surface area contributed by atoms with Gasteiger partial charge in [-0.3, -0.25) is 13.8 Å². The number of allylic oxidation sites excluding steroid dienone is 2. The molecule has 0 aromatic heterocycles. The normalized spacial score (nSPS) is 35.1. The van der Waals surface area contributed by atoms with Gasteiger partial charge in [0.15, 0.2) is 0 Å². The fourth-order valence-electron chi connectivity index (χ4n) is 3.00. The largest absolute Gasteiger partial charge is 0.481 e. The lowest BCUT2D eigenvalue weighted by atomic mass is 9.82. The van der Waals surface area contributed by atoms with E-state index in [1.807, 2.05) is 12.2 Å². The molecular formula is C13H19NO4S. The minimum atomic E-state index is -0.993. The van der Waals surface area contributed by atoms with Gasteiger partial charge < -0.3 is 10.4 Å². The Morgan fingerprint density at radius 1 is 1.37 bits per heavy atom. The number of carbonyl (C=O) groups excluding carboxylic acids is 1. The van der Waals surface area contributed by atoms with E-state index in [-0.39, 0.29) is 23.0 Å². The second-order valence-corrected chi connectivity index (χ2v) is 7.19. The number of hydrogen-bond donors (Lipinski definition) is 2. The number of carboxylic acids is 1. The van der Waals surface area contributed by atoms with Crippen LogP contribution in [0.4, 0.5) is 0 Å². The molecule has 1 saturated carbocycles. The number of carboxylic acid groups (broad SMARTS) is 1. The molecule has 106 valence electrons. The Morgan fingerprint density at radius 3 is 2.47 bits per heavy atom. The number of fused-ring (bicyclic) bond motifs is 2. The van der Waals surface area contributed by atoms with Gasteiger partial charge in [-0.15, -0.1) is 0 Å². The molecule has 0 spiro atoms. The third-order valence-corrected chi connectivity index (χ3v) is 5.48. The lowest BCUT2D eigenvalue weighted by Gasteiger charge is -2.24. The van der Waals surface area contributed by atoms with Crippen LogP contribution in [0, 0.1) is 23.7 Å². The second kappa shape index (κ2) is 5.45. The van der Waals surface area contributed by atoms with E-state index in [0.717, 1.165) is 6.42 Å². The van der Waals surface area contributed by atoms with Gasteiger partial charge in [0.1, 0.15) is 0 Å². The van der Waals surface area contributed by atoms with Gasteiger partial charge in [0.05, 0.1) is 11.8 Å². The summed E-state index contributed by atoms with van der Waals surface area (Å²) in [5.41, 5.74) is 0. The first-order chi connectivity index (χ1) is 8.91. The van der Waals surface area contributed by atoms with Crippen LogP contribution in [0.2, 0.25) is 0 Å². The second-order valence-electron chi connectivity index (χ2n) is 5.39. The molecular weight excluding hydrogens is 266 g/mol. The highest BCUT2D eigenvalue weighted by molar-refractivity contribution is 7.84. The average Bonchev–Trinajstić information content (AvgIpc) is 2.94. The van der Waals surface area contributed by atoms with Crippen molar-refractivity contribution in [3.8, 4) is 0 Å². The Bertz CT molecular complexity index is 448. The van der Waals surface area contributed by atoms with Crippen molar-refractivity contribution >= 4 is 22.7 Å². The first-order valence-electron chi connectivity index (χ1n) is 6.43. The maximum atomic E-state index is 12.2. The van der Waals surface area contributed by atoms with Crippen LogP contribution < -0.4 is 5.32 Å². The fraction of sp³-hybridized carbons (Fsp3) is 0.692. The van der Waals surface area contributed by atoms with E-state index in [9.17, 15) is 18.9 Å². The minimum absolute atomic E-state index is 0.0176. The molecule has 19 heavy (non-hydrogen) atoms. The average molecular weight is 285 g/mol. The number of aliphatic carboxylic acids is 1. The van der Waals surface area contributed by atoms with Gasteiger partial charge >= 0.3 is 5.97 Å². The molecule has 2 rings (SSSR count). The van der Waals surface area contributed by atoms with Crippen LogP contribution in [0.15, 0.2) is 12.2 Å². The van der Waals surface area contributed by atoms with E-state index in [1.165, 1.54) is 0 Å². The maximum Gasteiger partial charge on any atom is 0.307 e. The maximum absolute atomic E-state index is 12.2. The first kappa shape index (κ1) is 14.2. The lowest BCUT2D eigenvalue weighted by Crippen LogP contribution is -2.42. The smallest absolute Gasteiger partial charge is 0.307 e. The van der Waals surface area contributed by atoms with Crippen LogP contribution >= 0.6 is 0 Å². The minimum Gasteiger partial charge on any atom is -0.481 e. The van der Waals surface area contributed by atoms with Crippen LogP contribution in [0.3, 0.4) is 0 Å². The summed E-state index contributed by atoms with van der Waals surface area (Å²) in [6.45, 7) is 2.12. The molecule has 4 unspecified atom stereocenters. The molecule has 5 nitrogen and oxygen atoms in total. The first-order valence-corrected chi connectivity index (χ1v) is 8.05. The van der Waals surface area contributed by atoms with Gasteiger partial charge in [-0.05, 0) is 25.2 Å². The molecule has 1 fully saturated rings. The molecule has 2 N–H and O–H groups in total. The van der Waals surface area contributed by atoms with Crippen LogP contribution in [-0.2, 0) is 20.4 Å². The summed E-state index contributed by atoms with van der Waals surface area (Å²) in [6.07, 6.45) is 6.22. The Morgan fingerprint density at radius 2 is 1.95 bits per heavy atom. The highest BCUT2D eigenvalue weighted by Crippen LogP contribution is 2.48. The zero-order valence-electron chi connectivity index (χ0n) is 11.0. The number of nitrogens with one attached hydrogen (secondary N) is 1.